The number of hydrogen-bond donors (Lipinski definition) is 1. The number of ether oxygens (including phenoxy) is 1. The van der Waals surface area contributed by atoms with Gasteiger partial charge in [-0.1, -0.05) is 52.0 Å². The van der Waals surface area contributed by atoms with Crippen LogP contribution in [-0.4, -0.2) is 40.3 Å². The Balaban J connectivity index is 1.66. The summed E-state index contributed by atoms with van der Waals surface area (Å²) in [6.07, 6.45) is 1.77. The van der Waals surface area contributed by atoms with Crippen LogP contribution in [0.3, 0.4) is 0 Å². The molecule has 2 aromatic rings. The number of amides is 1. The average Bonchev–Trinajstić information content (AvgIpc) is 2.72. The van der Waals surface area contributed by atoms with Crippen molar-refractivity contribution in [2.75, 3.05) is 17.6 Å². The minimum atomic E-state index is -0.144. The first kappa shape index (κ1) is 21.1. The number of carbonyl (C=O) groups is 1. The van der Waals surface area contributed by atoms with Crippen molar-refractivity contribution in [3.8, 4) is 5.75 Å². The van der Waals surface area contributed by atoms with Gasteiger partial charge in [-0.15, -0.1) is 11.7 Å². The van der Waals surface area contributed by atoms with Crippen LogP contribution in [0.1, 0.15) is 6.92 Å². The van der Waals surface area contributed by atoms with E-state index in [1.165, 1.54) is 11.8 Å². The number of aliphatic imine (C=N–C) groups is 1. The molecule has 2 aromatic carbocycles. The topological polar surface area (TPSA) is 66.3 Å². The zero-order valence-corrected chi connectivity index (χ0v) is 18.3. The highest BCUT2D eigenvalue weighted by atomic mass is 79.9. The van der Waals surface area contributed by atoms with E-state index >= 15 is 0 Å². The van der Waals surface area contributed by atoms with E-state index in [4.69, 9.17) is 4.74 Å². The smallest absolute Gasteiger partial charge is 0.234 e. The van der Waals surface area contributed by atoms with Crippen molar-refractivity contribution in [2.24, 2.45) is 10.1 Å². The highest BCUT2D eigenvalue weighted by Gasteiger charge is 2.25. The Morgan fingerprint density at radius 1 is 1.28 bits per heavy atom. The Bertz CT molecular complexity index is 916. The molecule has 1 aliphatic heterocycles. The van der Waals surface area contributed by atoms with Crippen LogP contribution in [0, 0.1) is 0 Å². The van der Waals surface area contributed by atoms with Gasteiger partial charge >= 0.3 is 0 Å². The standard InChI is InChI=1S/C21H21BrN4O2S/c1-3-13-26-15(2)20(28-18-7-5-4-6-8-18)24-21(25-26)29-14-19(27)23-17-11-9-16(22)10-12-17/h3-12,15H,1,13-14H2,2H3,(H,23,27). The van der Waals surface area contributed by atoms with Crippen LogP contribution in [0.2, 0.25) is 0 Å². The Morgan fingerprint density at radius 2 is 2.00 bits per heavy atom. The molecule has 0 aromatic heterocycles. The molecule has 6 nitrogen and oxygen atoms in total. The summed E-state index contributed by atoms with van der Waals surface area (Å²) < 4.78 is 6.92. The average molecular weight is 473 g/mol. The maximum Gasteiger partial charge on any atom is 0.234 e. The lowest BCUT2D eigenvalue weighted by Gasteiger charge is -2.29. The van der Waals surface area contributed by atoms with Gasteiger partial charge in [-0.2, -0.15) is 4.99 Å². The summed E-state index contributed by atoms with van der Waals surface area (Å²) in [5.74, 6) is 1.29. The number of thioether (sulfide) groups is 1. The van der Waals surface area contributed by atoms with Gasteiger partial charge < -0.3 is 10.1 Å². The summed E-state index contributed by atoms with van der Waals surface area (Å²) in [7, 11) is 0. The molecule has 8 heteroatoms. The third-order valence-corrected chi connectivity index (χ3v) is 5.33. The maximum absolute atomic E-state index is 12.3. The number of anilines is 1. The predicted molar refractivity (Wildman–Crippen MR) is 124 cm³/mol. The zero-order valence-electron chi connectivity index (χ0n) is 15.9. The summed E-state index contributed by atoms with van der Waals surface area (Å²) in [6, 6.07) is 16.8. The number of benzene rings is 2. The predicted octanol–water partition coefficient (Wildman–Crippen LogP) is 4.76. The number of halogens is 1. The largest absolute Gasteiger partial charge is 0.441 e. The number of nitrogens with one attached hydrogen (secondary N) is 1. The molecule has 0 radical (unpaired) electrons. The van der Waals surface area contributed by atoms with Gasteiger partial charge in [-0.05, 0) is 43.3 Å². The highest BCUT2D eigenvalue weighted by Crippen LogP contribution is 2.20. The van der Waals surface area contributed by atoms with E-state index in [1.807, 2.05) is 66.5 Å². The van der Waals surface area contributed by atoms with Gasteiger partial charge in [-0.3, -0.25) is 9.80 Å². The van der Waals surface area contributed by atoms with E-state index in [0.717, 1.165) is 10.2 Å². The Hall–Kier alpha value is -2.58. The molecule has 1 heterocycles. The zero-order chi connectivity index (χ0) is 20.6. The third-order valence-electron chi connectivity index (χ3n) is 3.97. The fraction of sp³-hybridized carbons (Fsp3) is 0.190. The van der Waals surface area contributed by atoms with Crippen LogP contribution in [-0.2, 0) is 4.79 Å². The molecule has 0 bridgehead atoms. The molecule has 0 aliphatic carbocycles. The monoisotopic (exact) mass is 472 g/mol. The van der Waals surface area contributed by atoms with Crippen LogP contribution in [0.25, 0.3) is 0 Å². The van der Waals surface area contributed by atoms with E-state index in [9.17, 15) is 4.79 Å². The number of para-hydroxylation sites is 1. The number of hydrogen-bond acceptors (Lipinski definition) is 6. The Kier molecular flexibility index (Phi) is 7.48. The van der Waals surface area contributed by atoms with Crippen molar-refractivity contribution in [3.63, 3.8) is 0 Å². The van der Waals surface area contributed by atoms with E-state index in [1.54, 1.807) is 6.08 Å². The van der Waals surface area contributed by atoms with Gasteiger partial charge in [0.05, 0.1) is 12.3 Å². The van der Waals surface area contributed by atoms with E-state index in [0.29, 0.717) is 23.4 Å². The van der Waals surface area contributed by atoms with E-state index in [-0.39, 0.29) is 17.7 Å². The quantitative estimate of drug-likeness (QED) is 0.615. The van der Waals surface area contributed by atoms with Crippen LogP contribution in [0.15, 0.2) is 81.8 Å². The first-order valence-corrected chi connectivity index (χ1v) is 10.8. The molecule has 150 valence electrons. The molecule has 1 unspecified atom stereocenters. The second kappa shape index (κ2) is 10.3. The van der Waals surface area contributed by atoms with Crippen LogP contribution >= 0.6 is 27.7 Å². The first-order chi connectivity index (χ1) is 14.0. The summed E-state index contributed by atoms with van der Waals surface area (Å²) in [5, 5.41) is 9.70. The summed E-state index contributed by atoms with van der Waals surface area (Å²) in [5.41, 5.74) is 0.739. The molecular formula is C21H21BrN4O2S. The van der Waals surface area contributed by atoms with Crippen molar-refractivity contribution >= 4 is 50.4 Å². The number of amidine groups is 1. The normalized spacial score (nSPS) is 15.9. The number of nitrogens with zero attached hydrogens (tertiary/aromatic N) is 3. The van der Waals surface area contributed by atoms with Gasteiger partial charge in [0.1, 0.15) is 11.8 Å². The summed E-state index contributed by atoms with van der Waals surface area (Å²) >= 11 is 4.64. The van der Waals surface area contributed by atoms with Gasteiger partial charge in [0, 0.05) is 10.2 Å². The molecule has 1 aliphatic rings. The third kappa shape index (κ3) is 6.20. The van der Waals surface area contributed by atoms with Crippen molar-refractivity contribution < 1.29 is 9.53 Å². The summed E-state index contributed by atoms with van der Waals surface area (Å²) in [4.78, 5) is 16.8. The van der Waals surface area contributed by atoms with Crippen LogP contribution in [0.5, 0.6) is 5.75 Å². The molecule has 0 spiro atoms. The maximum atomic E-state index is 12.3. The first-order valence-electron chi connectivity index (χ1n) is 9.01. The minimum absolute atomic E-state index is 0.130. The number of carbonyl (C=O) groups excluding carboxylic acids is 1. The van der Waals surface area contributed by atoms with E-state index in [2.05, 4.69) is 37.9 Å². The number of rotatable bonds is 6. The van der Waals surface area contributed by atoms with Crippen molar-refractivity contribution in [3.05, 3.63) is 71.7 Å². The molecule has 1 atom stereocenters. The molecule has 29 heavy (non-hydrogen) atoms. The van der Waals surface area contributed by atoms with Crippen molar-refractivity contribution in [2.45, 2.75) is 13.0 Å². The van der Waals surface area contributed by atoms with Crippen molar-refractivity contribution in [1.82, 2.24) is 5.01 Å². The van der Waals surface area contributed by atoms with Crippen LogP contribution < -0.4 is 10.1 Å². The molecule has 0 saturated heterocycles. The second-order valence-electron chi connectivity index (χ2n) is 6.18. The van der Waals surface area contributed by atoms with Gasteiger partial charge in [0.25, 0.3) is 0 Å². The summed E-state index contributed by atoms with van der Waals surface area (Å²) in [6.45, 7) is 6.30. The van der Waals surface area contributed by atoms with Crippen molar-refractivity contribution in [1.29, 1.82) is 0 Å². The molecule has 1 amide bonds. The SMILES string of the molecule is C=CCN1N=C(SCC(=O)Nc2ccc(Br)cc2)N=C(Oc2ccccc2)C1C. The van der Waals surface area contributed by atoms with Gasteiger partial charge in [0.15, 0.2) is 0 Å². The lowest BCUT2D eigenvalue weighted by molar-refractivity contribution is -0.113. The fourth-order valence-corrected chi connectivity index (χ4v) is 3.42. The molecule has 0 saturated carbocycles. The van der Waals surface area contributed by atoms with Crippen LogP contribution in [0.4, 0.5) is 5.69 Å². The molecule has 0 fully saturated rings. The van der Waals surface area contributed by atoms with Gasteiger partial charge in [0.2, 0.25) is 17.0 Å². The van der Waals surface area contributed by atoms with Gasteiger partial charge in [-0.25, -0.2) is 0 Å². The highest BCUT2D eigenvalue weighted by molar-refractivity contribution is 9.10. The molecule has 3 rings (SSSR count). The Labute approximate surface area is 182 Å². The lowest BCUT2D eigenvalue weighted by atomic mass is 10.3. The molecule has 1 N–H and O–H groups in total. The number of hydrazone groups is 1. The second-order valence-corrected chi connectivity index (χ2v) is 8.04. The van der Waals surface area contributed by atoms with E-state index < -0.39 is 0 Å². The fourth-order valence-electron chi connectivity index (χ4n) is 2.50. The molecular weight excluding hydrogens is 452 g/mol. The minimum Gasteiger partial charge on any atom is -0.441 e. The Morgan fingerprint density at radius 3 is 2.69 bits per heavy atom. The lowest BCUT2D eigenvalue weighted by Crippen LogP contribution is -2.42.